The highest BCUT2D eigenvalue weighted by Gasteiger charge is 2.75. The standard InChI is InChI=1S/C16H20N4O3S/c21-12(15-7-16(8-15,9-15)13(22)23)19-3-5-20(6-4-19)14-17-11(24-18-14)10-1-2-10/h10H,1-9H2,(H,22,23). The Morgan fingerprint density at radius 3 is 2.33 bits per heavy atom. The molecule has 128 valence electrons. The van der Waals surface area contributed by atoms with E-state index in [4.69, 9.17) is 0 Å². The van der Waals surface area contributed by atoms with Gasteiger partial charge < -0.3 is 14.9 Å². The van der Waals surface area contributed by atoms with E-state index in [9.17, 15) is 14.7 Å². The summed E-state index contributed by atoms with van der Waals surface area (Å²) in [5.74, 6) is 0.868. The minimum Gasteiger partial charge on any atom is -0.481 e. The van der Waals surface area contributed by atoms with Crippen molar-refractivity contribution < 1.29 is 14.7 Å². The van der Waals surface area contributed by atoms with Crippen LogP contribution in [0.15, 0.2) is 0 Å². The second kappa shape index (κ2) is 4.68. The fourth-order valence-corrected chi connectivity index (χ4v) is 5.38. The number of carbonyl (C=O) groups excluding carboxylic acids is 1. The van der Waals surface area contributed by atoms with E-state index in [0.29, 0.717) is 38.3 Å². The highest BCUT2D eigenvalue weighted by molar-refractivity contribution is 7.05. The Bertz CT molecular complexity index is 701. The maximum atomic E-state index is 12.7. The average Bonchev–Trinajstić information content (AvgIpc) is 3.22. The molecule has 5 fully saturated rings. The van der Waals surface area contributed by atoms with Crippen molar-refractivity contribution in [1.82, 2.24) is 14.3 Å². The molecule has 4 saturated carbocycles. The van der Waals surface area contributed by atoms with Crippen LogP contribution in [0.5, 0.6) is 0 Å². The lowest BCUT2D eigenvalue weighted by Gasteiger charge is -2.67. The minimum absolute atomic E-state index is 0.162. The Kier molecular flexibility index (Phi) is 2.85. The molecule has 0 radical (unpaired) electrons. The van der Waals surface area contributed by atoms with E-state index < -0.39 is 11.4 Å². The number of hydrogen-bond donors (Lipinski definition) is 1. The van der Waals surface area contributed by atoms with Gasteiger partial charge in [-0.1, -0.05) is 0 Å². The van der Waals surface area contributed by atoms with Crippen LogP contribution in [0.25, 0.3) is 0 Å². The zero-order chi connectivity index (χ0) is 16.5. The monoisotopic (exact) mass is 348 g/mol. The second-order valence-corrected chi connectivity index (χ2v) is 8.67. The van der Waals surface area contributed by atoms with E-state index >= 15 is 0 Å². The molecule has 6 rings (SSSR count). The molecule has 1 amide bonds. The quantitative estimate of drug-likeness (QED) is 0.883. The minimum atomic E-state index is -0.733. The summed E-state index contributed by atoms with van der Waals surface area (Å²) in [7, 11) is 0. The first-order valence-electron chi connectivity index (χ1n) is 8.63. The molecule has 0 atom stereocenters. The van der Waals surface area contributed by atoms with Gasteiger partial charge in [-0.25, -0.2) is 4.98 Å². The molecule has 0 aromatic carbocycles. The predicted molar refractivity (Wildman–Crippen MR) is 87.0 cm³/mol. The normalized spacial score (nSPS) is 34.5. The third-order valence-electron chi connectivity index (χ3n) is 6.15. The van der Waals surface area contributed by atoms with Crippen LogP contribution in [-0.2, 0) is 9.59 Å². The van der Waals surface area contributed by atoms with Gasteiger partial charge in [0.1, 0.15) is 5.01 Å². The molecule has 2 bridgehead atoms. The molecule has 1 aliphatic heterocycles. The molecule has 2 heterocycles. The topological polar surface area (TPSA) is 86.6 Å². The molecule has 1 aromatic rings. The molecular formula is C16H20N4O3S. The van der Waals surface area contributed by atoms with E-state index in [1.807, 2.05) is 4.90 Å². The molecule has 1 aromatic heterocycles. The molecular weight excluding hydrogens is 328 g/mol. The molecule has 0 unspecified atom stereocenters. The van der Waals surface area contributed by atoms with Gasteiger partial charge in [0.05, 0.1) is 10.8 Å². The SMILES string of the molecule is O=C(O)C12CC(C(=O)N3CCN(c4nsc(C5CC5)n4)CC3)(C1)C2. The van der Waals surface area contributed by atoms with Crippen molar-refractivity contribution in [2.45, 2.75) is 38.0 Å². The summed E-state index contributed by atoms with van der Waals surface area (Å²) in [6.45, 7) is 2.87. The van der Waals surface area contributed by atoms with Crippen molar-refractivity contribution in [1.29, 1.82) is 0 Å². The number of hydrogen-bond acceptors (Lipinski definition) is 6. The van der Waals surface area contributed by atoms with Crippen molar-refractivity contribution in [3.63, 3.8) is 0 Å². The van der Waals surface area contributed by atoms with Crippen molar-refractivity contribution in [2.24, 2.45) is 10.8 Å². The smallest absolute Gasteiger partial charge is 0.309 e. The zero-order valence-electron chi connectivity index (χ0n) is 13.4. The summed E-state index contributed by atoms with van der Waals surface area (Å²) in [6.07, 6.45) is 4.07. The Balaban J connectivity index is 1.18. The van der Waals surface area contributed by atoms with Crippen LogP contribution in [0, 0.1) is 10.8 Å². The van der Waals surface area contributed by atoms with Gasteiger partial charge in [-0.15, -0.1) is 0 Å². The van der Waals surface area contributed by atoms with Gasteiger partial charge in [0.15, 0.2) is 0 Å². The number of amides is 1. The van der Waals surface area contributed by atoms with Crippen molar-refractivity contribution >= 4 is 29.4 Å². The van der Waals surface area contributed by atoms with Gasteiger partial charge in [0.25, 0.3) is 0 Å². The molecule has 0 spiro atoms. The number of piperazine rings is 1. The highest BCUT2D eigenvalue weighted by Crippen LogP contribution is 2.73. The van der Waals surface area contributed by atoms with E-state index in [2.05, 4.69) is 14.3 Å². The molecule has 8 heteroatoms. The number of carbonyl (C=O) groups is 2. The van der Waals surface area contributed by atoms with E-state index in [0.717, 1.165) is 24.0 Å². The third-order valence-corrected chi connectivity index (χ3v) is 7.01. The number of anilines is 1. The second-order valence-electron chi connectivity index (χ2n) is 7.88. The van der Waals surface area contributed by atoms with E-state index in [1.165, 1.54) is 24.4 Å². The average molecular weight is 348 g/mol. The first-order valence-corrected chi connectivity index (χ1v) is 9.40. The molecule has 1 saturated heterocycles. The van der Waals surface area contributed by atoms with Gasteiger partial charge in [-0.3, -0.25) is 9.59 Å². The summed E-state index contributed by atoms with van der Waals surface area (Å²) in [6, 6.07) is 0. The molecule has 5 aliphatic rings. The third kappa shape index (κ3) is 1.95. The van der Waals surface area contributed by atoms with Crippen LogP contribution >= 0.6 is 11.5 Å². The van der Waals surface area contributed by atoms with Gasteiger partial charge in [0.2, 0.25) is 11.9 Å². The molecule has 4 aliphatic carbocycles. The fraction of sp³-hybridized carbons (Fsp3) is 0.750. The number of carboxylic acids is 1. The van der Waals surface area contributed by atoms with Gasteiger partial charge >= 0.3 is 5.97 Å². The van der Waals surface area contributed by atoms with Crippen LogP contribution < -0.4 is 4.90 Å². The Hall–Kier alpha value is -1.70. The summed E-state index contributed by atoms with van der Waals surface area (Å²) >= 11 is 1.51. The number of aromatic nitrogens is 2. The molecule has 24 heavy (non-hydrogen) atoms. The number of nitrogens with zero attached hydrogens (tertiary/aromatic N) is 4. The Morgan fingerprint density at radius 1 is 1.08 bits per heavy atom. The first-order chi connectivity index (χ1) is 11.5. The largest absolute Gasteiger partial charge is 0.481 e. The number of rotatable bonds is 4. The number of carboxylic acid groups (broad SMARTS) is 1. The van der Waals surface area contributed by atoms with Gasteiger partial charge in [-0.2, -0.15) is 4.37 Å². The fourth-order valence-electron chi connectivity index (χ4n) is 4.54. The van der Waals surface area contributed by atoms with Crippen LogP contribution in [0.2, 0.25) is 0 Å². The highest BCUT2D eigenvalue weighted by atomic mass is 32.1. The molecule has 1 N–H and O–H groups in total. The lowest BCUT2D eigenvalue weighted by atomic mass is 9.34. The van der Waals surface area contributed by atoms with Gasteiger partial charge in [-0.05, 0) is 43.6 Å². The Morgan fingerprint density at radius 2 is 1.75 bits per heavy atom. The van der Waals surface area contributed by atoms with Crippen LogP contribution in [0.4, 0.5) is 5.95 Å². The van der Waals surface area contributed by atoms with E-state index in [1.54, 1.807) is 0 Å². The first kappa shape index (κ1) is 14.6. The molecule has 7 nitrogen and oxygen atoms in total. The lowest BCUT2D eigenvalue weighted by molar-refractivity contribution is -0.226. The maximum absolute atomic E-state index is 12.7. The Labute approximate surface area is 143 Å². The zero-order valence-corrected chi connectivity index (χ0v) is 14.2. The lowest BCUT2D eigenvalue weighted by Crippen LogP contribution is -2.71. The van der Waals surface area contributed by atoms with Crippen LogP contribution in [0.3, 0.4) is 0 Å². The van der Waals surface area contributed by atoms with Crippen molar-refractivity contribution in [3.05, 3.63) is 5.01 Å². The predicted octanol–water partition coefficient (Wildman–Crippen LogP) is 1.32. The van der Waals surface area contributed by atoms with Crippen LogP contribution in [-0.4, -0.2) is 57.4 Å². The van der Waals surface area contributed by atoms with Crippen molar-refractivity contribution in [2.75, 3.05) is 31.1 Å². The van der Waals surface area contributed by atoms with Crippen LogP contribution in [0.1, 0.15) is 43.0 Å². The number of aliphatic carboxylic acids is 1. The maximum Gasteiger partial charge on any atom is 0.309 e. The summed E-state index contributed by atoms with van der Waals surface area (Å²) in [4.78, 5) is 32.6. The van der Waals surface area contributed by atoms with Crippen molar-refractivity contribution in [3.8, 4) is 0 Å². The summed E-state index contributed by atoms with van der Waals surface area (Å²) in [5.41, 5.74) is -0.945. The van der Waals surface area contributed by atoms with E-state index in [-0.39, 0.29) is 11.3 Å². The summed E-state index contributed by atoms with van der Waals surface area (Å²) < 4.78 is 4.47. The van der Waals surface area contributed by atoms with Gasteiger partial charge in [0, 0.05) is 32.1 Å². The summed E-state index contributed by atoms with van der Waals surface area (Å²) in [5, 5.41) is 10.3.